The van der Waals surface area contributed by atoms with Crippen molar-refractivity contribution >= 4 is 0 Å². The van der Waals surface area contributed by atoms with Gasteiger partial charge in [-0.15, -0.1) is 0 Å². The van der Waals surface area contributed by atoms with Crippen molar-refractivity contribution in [2.75, 3.05) is 21.3 Å². The Labute approximate surface area is 177 Å². The highest BCUT2D eigenvalue weighted by molar-refractivity contribution is 5.42. The number of aromatic hydroxyl groups is 1. The number of ether oxygens (including phenoxy) is 4. The molecule has 0 unspecified atom stereocenters. The van der Waals surface area contributed by atoms with E-state index < -0.39 is 0 Å². The van der Waals surface area contributed by atoms with E-state index >= 15 is 0 Å². The van der Waals surface area contributed by atoms with Crippen LogP contribution in [0.1, 0.15) is 23.1 Å². The summed E-state index contributed by atoms with van der Waals surface area (Å²) in [6.07, 6.45) is 2.50. The first-order valence-electron chi connectivity index (χ1n) is 9.91. The second kappa shape index (κ2) is 10.4. The molecule has 0 bridgehead atoms. The smallest absolute Gasteiger partial charge is 0.125 e. The highest BCUT2D eigenvalue weighted by Crippen LogP contribution is 2.28. The Bertz CT molecular complexity index is 950. The van der Waals surface area contributed by atoms with Gasteiger partial charge in [0, 0.05) is 12.1 Å². The van der Waals surface area contributed by atoms with Gasteiger partial charge in [0.1, 0.15) is 35.4 Å². The number of hydrogen-bond acceptors (Lipinski definition) is 5. The third-order valence-electron chi connectivity index (χ3n) is 5.01. The summed E-state index contributed by atoms with van der Waals surface area (Å²) >= 11 is 0. The number of benzene rings is 3. The molecule has 3 aromatic carbocycles. The maximum Gasteiger partial charge on any atom is 0.125 e. The predicted octanol–water partition coefficient (Wildman–Crippen LogP) is 5.17. The van der Waals surface area contributed by atoms with Crippen LogP contribution in [0.3, 0.4) is 0 Å². The molecular weight excluding hydrogens is 380 g/mol. The summed E-state index contributed by atoms with van der Waals surface area (Å²) in [6, 6.07) is 19.1. The van der Waals surface area contributed by atoms with Gasteiger partial charge < -0.3 is 24.1 Å². The highest BCUT2D eigenvalue weighted by Gasteiger charge is 2.08. The van der Waals surface area contributed by atoms with Crippen LogP contribution in [-0.4, -0.2) is 26.4 Å². The fourth-order valence-corrected chi connectivity index (χ4v) is 3.26. The summed E-state index contributed by atoms with van der Waals surface area (Å²) in [5, 5.41) is 10.4. The molecule has 0 aromatic heterocycles. The van der Waals surface area contributed by atoms with Gasteiger partial charge in [-0.1, -0.05) is 24.3 Å². The minimum Gasteiger partial charge on any atom is -0.508 e. The van der Waals surface area contributed by atoms with Gasteiger partial charge >= 0.3 is 0 Å². The van der Waals surface area contributed by atoms with Gasteiger partial charge in [0.25, 0.3) is 0 Å². The molecule has 5 nitrogen and oxygen atoms in total. The van der Waals surface area contributed by atoms with Gasteiger partial charge in [0.05, 0.1) is 21.3 Å². The van der Waals surface area contributed by atoms with Crippen LogP contribution in [0, 0.1) is 0 Å². The third-order valence-corrected chi connectivity index (χ3v) is 5.01. The first kappa shape index (κ1) is 21.4. The first-order valence-corrected chi connectivity index (χ1v) is 9.91. The van der Waals surface area contributed by atoms with E-state index in [1.54, 1.807) is 27.4 Å². The molecule has 0 aliphatic carbocycles. The maximum atomic E-state index is 10.4. The summed E-state index contributed by atoms with van der Waals surface area (Å²) in [7, 11) is 4.94. The Morgan fingerprint density at radius 2 is 1.30 bits per heavy atom. The molecule has 0 amide bonds. The average Bonchev–Trinajstić information content (AvgIpc) is 2.79. The van der Waals surface area contributed by atoms with Gasteiger partial charge in [-0.05, 0) is 60.2 Å². The topological polar surface area (TPSA) is 57.2 Å². The van der Waals surface area contributed by atoms with Crippen LogP contribution >= 0.6 is 0 Å². The largest absolute Gasteiger partial charge is 0.508 e. The minimum absolute atomic E-state index is 0.254. The normalized spacial score (nSPS) is 10.5. The van der Waals surface area contributed by atoms with Gasteiger partial charge in [-0.25, -0.2) is 0 Å². The van der Waals surface area contributed by atoms with Crippen LogP contribution < -0.4 is 18.9 Å². The van der Waals surface area contributed by atoms with Gasteiger partial charge in [-0.2, -0.15) is 0 Å². The van der Waals surface area contributed by atoms with Crippen molar-refractivity contribution < 1.29 is 24.1 Å². The van der Waals surface area contributed by atoms with Crippen LogP contribution in [-0.2, 0) is 19.4 Å². The number of methoxy groups -OCH3 is 3. The van der Waals surface area contributed by atoms with Gasteiger partial charge in [0.2, 0.25) is 0 Å². The van der Waals surface area contributed by atoms with E-state index in [1.807, 2.05) is 54.6 Å². The lowest BCUT2D eigenvalue weighted by molar-refractivity contribution is 0.304. The molecule has 3 rings (SSSR count). The maximum absolute atomic E-state index is 10.4. The van der Waals surface area contributed by atoms with E-state index in [0.717, 1.165) is 53.2 Å². The van der Waals surface area contributed by atoms with E-state index in [-0.39, 0.29) is 5.75 Å². The number of phenolic OH excluding ortho intramolecular Hbond substituents is 1. The van der Waals surface area contributed by atoms with Crippen molar-refractivity contribution in [3.63, 3.8) is 0 Å². The molecule has 0 aliphatic rings. The molecule has 1 N–H and O–H groups in total. The van der Waals surface area contributed by atoms with Crippen LogP contribution in [0.2, 0.25) is 0 Å². The lowest BCUT2D eigenvalue weighted by Gasteiger charge is -2.12. The average molecular weight is 408 g/mol. The summed E-state index contributed by atoms with van der Waals surface area (Å²) in [4.78, 5) is 0. The quantitative estimate of drug-likeness (QED) is 0.501. The molecule has 30 heavy (non-hydrogen) atoms. The van der Waals surface area contributed by atoms with Crippen LogP contribution in [0.25, 0.3) is 0 Å². The molecule has 0 atom stereocenters. The lowest BCUT2D eigenvalue weighted by atomic mass is 10.0. The Morgan fingerprint density at radius 3 is 1.97 bits per heavy atom. The predicted molar refractivity (Wildman–Crippen MR) is 117 cm³/mol. The summed E-state index contributed by atoms with van der Waals surface area (Å²) in [5.74, 6) is 3.31. The van der Waals surface area contributed by atoms with Crippen LogP contribution in [0.15, 0.2) is 60.7 Å². The molecule has 0 aliphatic heterocycles. The van der Waals surface area contributed by atoms with E-state index in [1.165, 1.54) is 0 Å². The third kappa shape index (κ3) is 5.60. The Hall–Kier alpha value is -3.34. The summed E-state index contributed by atoms with van der Waals surface area (Å²) in [6.45, 7) is 0.431. The molecule has 0 heterocycles. The molecule has 5 heteroatoms. The lowest BCUT2D eigenvalue weighted by Crippen LogP contribution is -1.97. The van der Waals surface area contributed by atoms with Gasteiger partial charge in [-0.3, -0.25) is 0 Å². The number of aryl methyl sites for hydroxylation is 2. The van der Waals surface area contributed by atoms with E-state index in [9.17, 15) is 5.11 Å². The number of hydrogen-bond donors (Lipinski definition) is 1. The van der Waals surface area contributed by atoms with Gasteiger partial charge in [0.15, 0.2) is 0 Å². The molecule has 0 spiro atoms. The monoisotopic (exact) mass is 408 g/mol. The fourth-order valence-electron chi connectivity index (χ4n) is 3.26. The highest BCUT2D eigenvalue weighted by atomic mass is 16.5. The number of rotatable bonds is 10. The second-order valence-corrected chi connectivity index (χ2v) is 6.96. The van der Waals surface area contributed by atoms with E-state index in [0.29, 0.717) is 12.4 Å². The van der Waals surface area contributed by atoms with Crippen LogP contribution in [0.5, 0.6) is 28.7 Å². The van der Waals surface area contributed by atoms with Crippen molar-refractivity contribution in [1.29, 1.82) is 0 Å². The standard InChI is InChI=1S/C25H28O5/c1-27-21-11-7-18(8-12-21)17-30-23-14-9-19(24(26)15-23)5-4-6-20-10-13-22(28-2)16-25(20)29-3/h7-16,26H,4-6,17H2,1-3H3. The molecule has 158 valence electrons. The van der Waals surface area contributed by atoms with Crippen LogP contribution in [0.4, 0.5) is 0 Å². The van der Waals surface area contributed by atoms with E-state index in [2.05, 4.69) is 0 Å². The Balaban J connectivity index is 1.54. The van der Waals surface area contributed by atoms with Crippen molar-refractivity contribution in [2.45, 2.75) is 25.9 Å². The molecular formula is C25H28O5. The molecule has 0 fully saturated rings. The molecule has 0 radical (unpaired) electrons. The summed E-state index contributed by atoms with van der Waals surface area (Å²) in [5.41, 5.74) is 3.06. The number of phenols is 1. The van der Waals surface area contributed by atoms with Crippen molar-refractivity contribution in [3.05, 3.63) is 77.4 Å². The van der Waals surface area contributed by atoms with E-state index in [4.69, 9.17) is 18.9 Å². The zero-order chi connectivity index (χ0) is 21.3. The molecule has 0 saturated heterocycles. The Kier molecular flexibility index (Phi) is 7.44. The second-order valence-electron chi connectivity index (χ2n) is 6.96. The van der Waals surface area contributed by atoms with Crippen molar-refractivity contribution in [1.82, 2.24) is 0 Å². The zero-order valence-corrected chi connectivity index (χ0v) is 17.7. The molecule has 0 saturated carbocycles. The Morgan fingerprint density at radius 1 is 0.667 bits per heavy atom. The summed E-state index contributed by atoms with van der Waals surface area (Å²) < 4.78 is 21.6. The molecule has 3 aromatic rings. The first-order chi connectivity index (χ1) is 14.6. The minimum atomic E-state index is 0.254. The SMILES string of the molecule is COc1ccc(COc2ccc(CCCc3ccc(OC)cc3OC)c(O)c2)cc1. The fraction of sp³-hybridized carbons (Fsp3) is 0.280. The zero-order valence-electron chi connectivity index (χ0n) is 17.7. The van der Waals surface area contributed by atoms with Crippen molar-refractivity contribution in [2.24, 2.45) is 0 Å². The van der Waals surface area contributed by atoms with Crippen molar-refractivity contribution in [3.8, 4) is 28.7 Å².